The highest BCUT2D eigenvalue weighted by molar-refractivity contribution is 6.07. The number of para-hydroxylation sites is 2. The molecular weight excluding hydrogens is 687 g/mol. The normalized spacial score (nSPS) is 11.6. The zero-order valence-electron chi connectivity index (χ0n) is 30.1. The Balaban J connectivity index is 0.992. The average Bonchev–Trinajstić information content (AvgIpc) is 3.84. The van der Waals surface area contributed by atoms with Crippen LogP contribution in [0.4, 0.5) is 0 Å². The van der Waals surface area contributed by atoms with E-state index in [-0.39, 0.29) is 0 Å². The molecule has 0 atom stereocenters. The van der Waals surface area contributed by atoms with Crippen molar-refractivity contribution in [3.63, 3.8) is 0 Å². The molecule has 4 heterocycles. The lowest BCUT2D eigenvalue weighted by Gasteiger charge is -2.13. The van der Waals surface area contributed by atoms with Crippen LogP contribution in [0.1, 0.15) is 0 Å². The monoisotopic (exact) mass is 717 g/mol. The fourth-order valence-electron chi connectivity index (χ4n) is 7.79. The van der Waals surface area contributed by atoms with E-state index in [9.17, 15) is 0 Å². The van der Waals surface area contributed by atoms with Crippen LogP contribution >= 0.6 is 0 Å². The fraction of sp³-hybridized carbons (Fsp3) is 0. The molecule has 11 rings (SSSR count). The number of nitrogens with zero attached hydrogens (tertiary/aromatic N) is 3. The molecule has 262 valence electrons. The van der Waals surface area contributed by atoms with E-state index < -0.39 is 0 Å². The van der Waals surface area contributed by atoms with Crippen molar-refractivity contribution < 1.29 is 8.83 Å². The van der Waals surface area contributed by atoms with Crippen LogP contribution in [0.25, 0.3) is 111 Å². The molecular formula is C51H31N3O2. The SMILES string of the molecule is c1cncc(-c2ccccc2-c2nc(-c3ccc(-c4ccc5c(c4)oc4ccccc45)cc3)cc(-c3ccc(-c4ccc5oc6ccccc6c5c4)cc3)n2)c1. The summed E-state index contributed by atoms with van der Waals surface area (Å²) >= 11 is 0. The van der Waals surface area contributed by atoms with E-state index in [0.29, 0.717) is 5.82 Å². The number of fused-ring (bicyclic) bond motifs is 6. The molecule has 0 fully saturated rings. The number of aromatic nitrogens is 3. The van der Waals surface area contributed by atoms with Crippen molar-refractivity contribution in [3.8, 4) is 67.3 Å². The molecule has 0 saturated carbocycles. The van der Waals surface area contributed by atoms with Crippen LogP contribution in [-0.4, -0.2) is 15.0 Å². The summed E-state index contributed by atoms with van der Waals surface area (Å²) in [4.78, 5) is 14.8. The van der Waals surface area contributed by atoms with Gasteiger partial charge in [0, 0.05) is 56.2 Å². The van der Waals surface area contributed by atoms with Crippen molar-refractivity contribution in [1.29, 1.82) is 0 Å². The Morgan fingerprint density at radius 2 is 0.839 bits per heavy atom. The third kappa shape index (κ3) is 5.53. The molecule has 5 nitrogen and oxygen atoms in total. The average molecular weight is 718 g/mol. The maximum Gasteiger partial charge on any atom is 0.161 e. The summed E-state index contributed by atoms with van der Waals surface area (Å²) in [5.41, 5.74) is 14.7. The number of hydrogen-bond donors (Lipinski definition) is 0. The Morgan fingerprint density at radius 3 is 1.52 bits per heavy atom. The van der Waals surface area contributed by atoms with Gasteiger partial charge in [-0.2, -0.15) is 0 Å². The van der Waals surface area contributed by atoms with E-state index in [4.69, 9.17) is 18.8 Å². The lowest BCUT2D eigenvalue weighted by molar-refractivity contribution is 0.668. The number of rotatable bonds is 6. The fourth-order valence-corrected chi connectivity index (χ4v) is 7.79. The minimum atomic E-state index is 0.651. The van der Waals surface area contributed by atoms with Crippen molar-refractivity contribution in [2.24, 2.45) is 0 Å². The standard InChI is InChI=1S/C51H31N3O2/c1-2-12-43(39(9-1)38-8-7-27-52-31-38)51-53-45(34-19-15-32(16-20-34)36-24-26-49-44(28-36)41-11-4-6-14-48(41)55-49)30-46(54-51)35-21-17-33(18-22-35)37-23-25-42-40-10-3-5-13-47(40)56-50(42)29-37/h1-31H. The Kier molecular flexibility index (Phi) is 7.42. The maximum atomic E-state index is 6.20. The first-order chi connectivity index (χ1) is 27.7. The van der Waals surface area contributed by atoms with Gasteiger partial charge in [0.15, 0.2) is 5.82 Å². The van der Waals surface area contributed by atoms with Crippen LogP contribution in [0.3, 0.4) is 0 Å². The molecule has 0 spiro atoms. The summed E-state index contributed by atoms with van der Waals surface area (Å²) in [7, 11) is 0. The van der Waals surface area contributed by atoms with Gasteiger partial charge < -0.3 is 8.83 Å². The van der Waals surface area contributed by atoms with Crippen molar-refractivity contribution in [1.82, 2.24) is 15.0 Å². The molecule has 4 aromatic heterocycles. The second-order valence-corrected chi connectivity index (χ2v) is 14.0. The van der Waals surface area contributed by atoms with Crippen molar-refractivity contribution >= 4 is 43.9 Å². The zero-order valence-corrected chi connectivity index (χ0v) is 30.1. The smallest absolute Gasteiger partial charge is 0.161 e. The van der Waals surface area contributed by atoms with Gasteiger partial charge in [-0.3, -0.25) is 4.98 Å². The molecule has 0 amide bonds. The first kappa shape index (κ1) is 31.9. The van der Waals surface area contributed by atoms with E-state index in [1.165, 1.54) is 0 Å². The van der Waals surface area contributed by atoms with E-state index >= 15 is 0 Å². The highest BCUT2D eigenvalue weighted by Gasteiger charge is 2.16. The van der Waals surface area contributed by atoms with Gasteiger partial charge in [0.1, 0.15) is 22.3 Å². The zero-order chi connectivity index (χ0) is 37.0. The third-order valence-corrected chi connectivity index (χ3v) is 10.7. The first-order valence-electron chi connectivity index (χ1n) is 18.6. The minimum Gasteiger partial charge on any atom is -0.456 e. The maximum absolute atomic E-state index is 6.20. The van der Waals surface area contributed by atoms with Gasteiger partial charge in [0.25, 0.3) is 0 Å². The summed E-state index contributed by atoms with van der Waals surface area (Å²) in [6, 6.07) is 60.8. The molecule has 11 aromatic rings. The van der Waals surface area contributed by atoms with E-state index in [1.807, 2.05) is 54.7 Å². The summed E-state index contributed by atoms with van der Waals surface area (Å²) in [5, 5.41) is 4.48. The Hall–Kier alpha value is -7.63. The molecule has 0 unspecified atom stereocenters. The second kappa shape index (κ2) is 13.0. The number of furan rings is 2. The largest absolute Gasteiger partial charge is 0.456 e. The molecule has 0 radical (unpaired) electrons. The van der Waals surface area contributed by atoms with E-state index in [2.05, 4.69) is 132 Å². The lowest BCUT2D eigenvalue weighted by Crippen LogP contribution is -1.97. The van der Waals surface area contributed by atoms with Gasteiger partial charge >= 0.3 is 0 Å². The highest BCUT2D eigenvalue weighted by atomic mass is 16.3. The van der Waals surface area contributed by atoms with Crippen LogP contribution in [-0.2, 0) is 0 Å². The van der Waals surface area contributed by atoms with Gasteiger partial charge in [0.05, 0.1) is 11.4 Å². The van der Waals surface area contributed by atoms with Gasteiger partial charge in [-0.15, -0.1) is 0 Å². The topological polar surface area (TPSA) is 65.0 Å². The third-order valence-electron chi connectivity index (χ3n) is 10.7. The molecule has 0 N–H and O–H groups in total. The summed E-state index contributed by atoms with van der Waals surface area (Å²) in [5.74, 6) is 0.651. The molecule has 56 heavy (non-hydrogen) atoms. The molecule has 0 aliphatic carbocycles. The Labute approximate surface area is 322 Å². The van der Waals surface area contributed by atoms with Crippen LogP contribution in [0.15, 0.2) is 197 Å². The van der Waals surface area contributed by atoms with Gasteiger partial charge in [-0.1, -0.05) is 127 Å². The predicted molar refractivity (Wildman–Crippen MR) is 227 cm³/mol. The van der Waals surface area contributed by atoms with Crippen molar-refractivity contribution in [2.45, 2.75) is 0 Å². The molecule has 0 saturated heterocycles. The first-order valence-corrected chi connectivity index (χ1v) is 18.6. The predicted octanol–water partition coefficient (Wildman–Crippen LogP) is 13.7. The van der Waals surface area contributed by atoms with E-state index in [1.54, 1.807) is 6.20 Å². The van der Waals surface area contributed by atoms with Crippen LogP contribution in [0.5, 0.6) is 0 Å². The van der Waals surface area contributed by atoms with Crippen LogP contribution in [0.2, 0.25) is 0 Å². The molecule has 0 bridgehead atoms. The van der Waals surface area contributed by atoms with Crippen molar-refractivity contribution in [3.05, 3.63) is 188 Å². The highest BCUT2D eigenvalue weighted by Crippen LogP contribution is 2.37. The molecule has 0 aliphatic rings. The van der Waals surface area contributed by atoms with E-state index in [0.717, 1.165) is 105 Å². The van der Waals surface area contributed by atoms with Crippen LogP contribution < -0.4 is 0 Å². The molecule has 7 aromatic carbocycles. The van der Waals surface area contributed by atoms with Gasteiger partial charge in [0.2, 0.25) is 0 Å². The minimum absolute atomic E-state index is 0.651. The number of benzene rings is 7. The summed E-state index contributed by atoms with van der Waals surface area (Å²) < 4.78 is 12.3. The van der Waals surface area contributed by atoms with Crippen LogP contribution in [0, 0.1) is 0 Å². The Morgan fingerprint density at radius 1 is 0.321 bits per heavy atom. The van der Waals surface area contributed by atoms with Crippen molar-refractivity contribution in [2.75, 3.05) is 0 Å². The van der Waals surface area contributed by atoms with Gasteiger partial charge in [-0.25, -0.2) is 9.97 Å². The molecule has 0 aliphatic heterocycles. The number of pyridine rings is 1. The van der Waals surface area contributed by atoms with Gasteiger partial charge in [-0.05, 0) is 76.3 Å². The lowest BCUT2D eigenvalue weighted by atomic mass is 9.98. The number of hydrogen-bond acceptors (Lipinski definition) is 5. The quantitative estimate of drug-likeness (QED) is 0.171. The second-order valence-electron chi connectivity index (χ2n) is 14.0. The molecule has 5 heteroatoms. The Bertz CT molecular complexity index is 3230. The summed E-state index contributed by atoms with van der Waals surface area (Å²) in [6.45, 7) is 0. The summed E-state index contributed by atoms with van der Waals surface area (Å²) in [6.07, 6.45) is 3.67.